The summed E-state index contributed by atoms with van der Waals surface area (Å²) < 4.78 is 11.0. The van der Waals surface area contributed by atoms with Crippen molar-refractivity contribution in [1.29, 1.82) is 0 Å². The smallest absolute Gasteiger partial charge is 0.361 e. The molecule has 116 valence electrons. The molecule has 0 spiro atoms. The number of hydrogen-bond acceptors (Lipinski definition) is 3. The minimum absolute atomic E-state index is 0.0268. The summed E-state index contributed by atoms with van der Waals surface area (Å²) in [5.41, 5.74) is 0.382. The van der Waals surface area contributed by atoms with E-state index in [1.165, 1.54) is 17.7 Å². The number of carbonyl (C=O) groups is 1. The van der Waals surface area contributed by atoms with E-state index in [1.54, 1.807) is 0 Å². The van der Waals surface area contributed by atoms with Gasteiger partial charge in [0.05, 0.1) is 13.2 Å². The van der Waals surface area contributed by atoms with Crippen molar-refractivity contribution in [3.8, 4) is 0 Å². The van der Waals surface area contributed by atoms with Crippen molar-refractivity contribution in [2.24, 2.45) is 11.3 Å². The Morgan fingerprint density at radius 2 is 1.75 bits per heavy atom. The molecule has 1 aliphatic carbocycles. The summed E-state index contributed by atoms with van der Waals surface area (Å²) in [5.74, 6) is 0.739. The molecule has 0 aromatic heterocycles. The van der Waals surface area contributed by atoms with Gasteiger partial charge < -0.3 is 14.4 Å². The van der Waals surface area contributed by atoms with Crippen LogP contribution in [0.25, 0.3) is 0 Å². The first-order valence-corrected chi connectivity index (χ1v) is 8.06. The van der Waals surface area contributed by atoms with Gasteiger partial charge in [-0.3, -0.25) is 0 Å². The lowest BCUT2D eigenvalue weighted by molar-refractivity contribution is -0.900. The van der Waals surface area contributed by atoms with Crippen molar-refractivity contribution in [3.05, 3.63) is 0 Å². The Morgan fingerprint density at radius 3 is 2.30 bits per heavy atom. The standard InChI is InChI=1S/C16H29NO3/c1-16(2,3)13-4-6-14(7-5-13)20-15(18)12-17-8-10-19-11-9-17/h13-14H,4-12H2,1-3H3/p+1. The molecule has 20 heavy (non-hydrogen) atoms. The van der Waals surface area contributed by atoms with Crippen LogP contribution >= 0.6 is 0 Å². The van der Waals surface area contributed by atoms with Gasteiger partial charge in [0.2, 0.25) is 0 Å². The largest absolute Gasteiger partial charge is 0.458 e. The lowest BCUT2D eigenvalue weighted by Gasteiger charge is -2.36. The lowest BCUT2D eigenvalue weighted by atomic mass is 9.72. The zero-order valence-electron chi connectivity index (χ0n) is 13.2. The molecule has 2 aliphatic rings. The van der Waals surface area contributed by atoms with E-state index in [0.717, 1.165) is 45.1 Å². The van der Waals surface area contributed by atoms with Gasteiger partial charge in [0.1, 0.15) is 19.2 Å². The Morgan fingerprint density at radius 1 is 1.15 bits per heavy atom. The molecule has 1 saturated carbocycles. The van der Waals surface area contributed by atoms with Gasteiger partial charge in [0.15, 0.2) is 6.54 Å². The lowest BCUT2D eigenvalue weighted by Crippen LogP contribution is -3.15. The molecule has 4 heteroatoms. The molecular formula is C16H30NO3+. The van der Waals surface area contributed by atoms with E-state index >= 15 is 0 Å². The monoisotopic (exact) mass is 284 g/mol. The van der Waals surface area contributed by atoms with Crippen molar-refractivity contribution in [2.75, 3.05) is 32.8 Å². The van der Waals surface area contributed by atoms with Gasteiger partial charge >= 0.3 is 5.97 Å². The summed E-state index contributed by atoms with van der Waals surface area (Å²) in [6.07, 6.45) is 4.59. The maximum Gasteiger partial charge on any atom is 0.361 e. The van der Waals surface area contributed by atoms with Gasteiger partial charge in [-0.05, 0) is 37.0 Å². The van der Waals surface area contributed by atoms with Crippen molar-refractivity contribution in [2.45, 2.75) is 52.6 Å². The molecule has 0 amide bonds. The van der Waals surface area contributed by atoms with E-state index in [0.29, 0.717) is 12.0 Å². The van der Waals surface area contributed by atoms with E-state index in [2.05, 4.69) is 20.8 Å². The number of rotatable bonds is 3. The molecule has 0 aromatic carbocycles. The highest BCUT2D eigenvalue weighted by molar-refractivity contribution is 5.70. The number of hydrogen-bond donors (Lipinski definition) is 1. The third kappa shape index (κ3) is 4.74. The summed E-state index contributed by atoms with van der Waals surface area (Å²) in [7, 11) is 0. The number of esters is 1. The molecule has 2 fully saturated rings. The summed E-state index contributed by atoms with van der Waals surface area (Å²) in [6, 6.07) is 0. The predicted octanol–water partition coefficient (Wildman–Crippen LogP) is 1.05. The molecule has 0 bridgehead atoms. The van der Waals surface area contributed by atoms with Crippen LogP contribution in [0.15, 0.2) is 0 Å². The van der Waals surface area contributed by atoms with Crippen LogP contribution < -0.4 is 4.90 Å². The van der Waals surface area contributed by atoms with Gasteiger partial charge in [0.25, 0.3) is 0 Å². The molecule has 1 N–H and O–H groups in total. The average molecular weight is 284 g/mol. The zero-order chi connectivity index (χ0) is 14.6. The Labute approximate surface area is 122 Å². The van der Waals surface area contributed by atoms with Crippen LogP contribution in [-0.4, -0.2) is 44.9 Å². The van der Waals surface area contributed by atoms with Crippen LogP contribution in [0.5, 0.6) is 0 Å². The first-order chi connectivity index (χ1) is 9.45. The number of quaternary nitrogens is 1. The maximum atomic E-state index is 12.0. The highest BCUT2D eigenvalue weighted by Crippen LogP contribution is 2.38. The first kappa shape index (κ1) is 15.8. The predicted molar refractivity (Wildman–Crippen MR) is 77.7 cm³/mol. The highest BCUT2D eigenvalue weighted by Gasteiger charge is 2.31. The molecule has 0 atom stereocenters. The van der Waals surface area contributed by atoms with Gasteiger partial charge in [-0.2, -0.15) is 0 Å². The number of nitrogens with one attached hydrogen (secondary N) is 1. The number of ether oxygens (including phenoxy) is 2. The Balaban J connectivity index is 1.68. The van der Waals surface area contributed by atoms with Gasteiger partial charge in [-0.25, -0.2) is 4.79 Å². The van der Waals surface area contributed by atoms with Crippen LogP contribution in [0.3, 0.4) is 0 Å². The topological polar surface area (TPSA) is 40.0 Å². The number of carbonyl (C=O) groups excluding carboxylic acids is 1. The average Bonchev–Trinajstić information content (AvgIpc) is 2.39. The van der Waals surface area contributed by atoms with E-state index in [-0.39, 0.29) is 12.1 Å². The first-order valence-electron chi connectivity index (χ1n) is 8.06. The molecular weight excluding hydrogens is 254 g/mol. The van der Waals surface area contributed by atoms with Crippen LogP contribution in [0, 0.1) is 11.3 Å². The van der Waals surface area contributed by atoms with E-state index in [4.69, 9.17) is 9.47 Å². The second-order valence-electron chi connectivity index (χ2n) is 7.37. The fourth-order valence-electron chi connectivity index (χ4n) is 3.32. The van der Waals surface area contributed by atoms with Gasteiger partial charge in [-0.15, -0.1) is 0 Å². The third-order valence-corrected chi connectivity index (χ3v) is 4.79. The Bertz CT molecular complexity index is 310. The fraction of sp³-hybridized carbons (Fsp3) is 0.938. The summed E-state index contributed by atoms with van der Waals surface area (Å²) in [6.45, 7) is 10.8. The quantitative estimate of drug-likeness (QED) is 0.788. The van der Waals surface area contributed by atoms with Crippen LogP contribution in [-0.2, 0) is 14.3 Å². The molecule has 4 nitrogen and oxygen atoms in total. The third-order valence-electron chi connectivity index (χ3n) is 4.79. The van der Waals surface area contributed by atoms with Crippen LogP contribution in [0.4, 0.5) is 0 Å². The maximum absolute atomic E-state index is 12.0. The second-order valence-corrected chi connectivity index (χ2v) is 7.37. The van der Waals surface area contributed by atoms with Crippen LogP contribution in [0.2, 0.25) is 0 Å². The molecule has 1 saturated heterocycles. The number of morpholine rings is 1. The Kier molecular flexibility index (Phi) is 5.44. The normalized spacial score (nSPS) is 29.1. The van der Waals surface area contributed by atoms with Crippen molar-refractivity contribution >= 4 is 5.97 Å². The highest BCUT2D eigenvalue weighted by atomic mass is 16.5. The molecule has 2 rings (SSSR count). The second kappa shape index (κ2) is 6.90. The molecule has 0 aromatic rings. The van der Waals surface area contributed by atoms with E-state index in [1.807, 2.05) is 0 Å². The SMILES string of the molecule is CC(C)(C)C1CCC(OC(=O)C[NH+]2CCOCC2)CC1. The molecule has 1 heterocycles. The minimum atomic E-state index is -0.0268. The van der Waals surface area contributed by atoms with Crippen molar-refractivity contribution < 1.29 is 19.2 Å². The van der Waals surface area contributed by atoms with Crippen molar-refractivity contribution in [3.63, 3.8) is 0 Å². The zero-order valence-corrected chi connectivity index (χ0v) is 13.2. The van der Waals surface area contributed by atoms with Crippen LogP contribution in [0.1, 0.15) is 46.5 Å². The summed E-state index contributed by atoms with van der Waals surface area (Å²) in [4.78, 5) is 13.3. The summed E-state index contributed by atoms with van der Waals surface area (Å²) in [5, 5.41) is 0. The fourth-order valence-corrected chi connectivity index (χ4v) is 3.32. The van der Waals surface area contributed by atoms with Gasteiger partial charge in [0, 0.05) is 0 Å². The van der Waals surface area contributed by atoms with E-state index in [9.17, 15) is 4.79 Å². The molecule has 1 aliphatic heterocycles. The van der Waals surface area contributed by atoms with Crippen molar-refractivity contribution in [1.82, 2.24) is 0 Å². The summed E-state index contributed by atoms with van der Waals surface area (Å²) >= 11 is 0. The van der Waals surface area contributed by atoms with Gasteiger partial charge in [-0.1, -0.05) is 20.8 Å². The minimum Gasteiger partial charge on any atom is -0.458 e. The molecule has 0 radical (unpaired) electrons. The Hall–Kier alpha value is -0.610. The molecule has 0 unspecified atom stereocenters. The van der Waals surface area contributed by atoms with E-state index < -0.39 is 0 Å².